The zero-order chi connectivity index (χ0) is 18.1. The van der Waals surface area contributed by atoms with Crippen molar-refractivity contribution in [3.63, 3.8) is 0 Å². The van der Waals surface area contributed by atoms with E-state index in [1.54, 1.807) is 15.8 Å². The molecule has 0 radical (unpaired) electrons. The molecule has 2 aromatic heterocycles. The van der Waals surface area contributed by atoms with Crippen LogP contribution in [0.4, 0.5) is 4.79 Å². The number of hydrogen-bond acceptors (Lipinski definition) is 5. The lowest BCUT2D eigenvalue weighted by Gasteiger charge is -2.39. The van der Waals surface area contributed by atoms with Crippen LogP contribution in [0.2, 0.25) is 0 Å². The average Bonchev–Trinajstić information content (AvgIpc) is 3.23. The lowest BCUT2D eigenvalue weighted by molar-refractivity contribution is 0.115. The monoisotopic (exact) mass is 352 g/mol. The van der Waals surface area contributed by atoms with Gasteiger partial charge in [-0.3, -0.25) is 0 Å². The molecule has 3 aromatic rings. The van der Waals surface area contributed by atoms with Gasteiger partial charge >= 0.3 is 6.03 Å². The Morgan fingerprint density at radius 2 is 2.00 bits per heavy atom. The minimum atomic E-state index is -0.204. The van der Waals surface area contributed by atoms with E-state index in [1.165, 1.54) is 0 Å². The van der Waals surface area contributed by atoms with E-state index in [-0.39, 0.29) is 18.1 Å². The molecule has 1 N–H and O–H groups in total. The Hall–Kier alpha value is -3.23. The van der Waals surface area contributed by atoms with Crippen molar-refractivity contribution >= 4 is 6.03 Å². The molecule has 0 unspecified atom stereocenters. The van der Waals surface area contributed by atoms with Crippen LogP contribution in [0.15, 0.2) is 42.9 Å². The predicted molar refractivity (Wildman–Crippen MR) is 94.0 cm³/mol. The van der Waals surface area contributed by atoms with Crippen LogP contribution in [0.25, 0.3) is 11.3 Å². The molecule has 1 atom stereocenters. The second kappa shape index (κ2) is 6.58. The van der Waals surface area contributed by atoms with Crippen LogP contribution in [0, 0.1) is 0 Å². The Bertz CT molecular complexity index is 896. The zero-order valence-electron chi connectivity index (χ0n) is 14.6. The maximum atomic E-state index is 12.4. The van der Waals surface area contributed by atoms with E-state index < -0.39 is 0 Å². The molecule has 1 saturated heterocycles. The Morgan fingerprint density at radius 3 is 2.69 bits per heavy atom. The second-order valence-electron chi connectivity index (χ2n) is 6.48. The zero-order valence-corrected chi connectivity index (χ0v) is 14.6. The number of nitrogens with one attached hydrogen (secondary N) is 1. The Balaban J connectivity index is 1.33. The molecule has 9 nitrogen and oxygen atoms in total. The van der Waals surface area contributed by atoms with E-state index in [4.69, 9.17) is 0 Å². The number of carbonyl (C=O) groups excluding carboxylic acids is 1. The molecule has 26 heavy (non-hydrogen) atoms. The first-order valence-corrected chi connectivity index (χ1v) is 8.48. The summed E-state index contributed by atoms with van der Waals surface area (Å²) in [6.45, 7) is 3.10. The van der Waals surface area contributed by atoms with Crippen LogP contribution in [0.1, 0.15) is 24.8 Å². The van der Waals surface area contributed by atoms with Crippen molar-refractivity contribution in [1.29, 1.82) is 0 Å². The molecule has 0 saturated carbocycles. The van der Waals surface area contributed by atoms with Crippen molar-refractivity contribution in [2.45, 2.75) is 19.0 Å². The molecule has 0 bridgehead atoms. The van der Waals surface area contributed by atoms with Gasteiger partial charge in [0.1, 0.15) is 12.0 Å². The number of benzene rings is 1. The van der Waals surface area contributed by atoms with Gasteiger partial charge in [-0.25, -0.2) is 9.48 Å². The number of urea groups is 1. The van der Waals surface area contributed by atoms with Crippen LogP contribution in [-0.4, -0.2) is 53.8 Å². The molecule has 1 aliphatic heterocycles. The minimum Gasteiger partial charge on any atom is -0.328 e. The third-order valence-corrected chi connectivity index (χ3v) is 4.58. The standard InChI is InChI=1S/C17H20N8O/c1-12(16-21-18-11-23(16)2)19-17(26)24-8-14(9-24)25-10-15(20-22-25)13-6-4-3-5-7-13/h3-7,10-12,14H,8-9H2,1-2H3,(H,19,26)/t12-/m1/s1. The van der Waals surface area contributed by atoms with Gasteiger partial charge < -0.3 is 14.8 Å². The van der Waals surface area contributed by atoms with Crippen molar-refractivity contribution in [3.05, 3.63) is 48.7 Å². The molecule has 2 amide bonds. The normalized spacial score (nSPS) is 15.5. The summed E-state index contributed by atoms with van der Waals surface area (Å²) in [6, 6.07) is 9.76. The summed E-state index contributed by atoms with van der Waals surface area (Å²) < 4.78 is 3.63. The highest BCUT2D eigenvalue weighted by Crippen LogP contribution is 2.23. The molecule has 1 aliphatic rings. The van der Waals surface area contributed by atoms with E-state index in [0.29, 0.717) is 13.1 Å². The number of likely N-dealkylation sites (tertiary alicyclic amines) is 1. The van der Waals surface area contributed by atoms with E-state index >= 15 is 0 Å². The largest absolute Gasteiger partial charge is 0.328 e. The molecule has 0 spiro atoms. The highest BCUT2D eigenvalue weighted by atomic mass is 16.2. The third kappa shape index (κ3) is 3.03. The molecule has 1 fully saturated rings. The first-order valence-electron chi connectivity index (χ1n) is 8.48. The average molecular weight is 352 g/mol. The van der Waals surface area contributed by atoms with Crippen molar-refractivity contribution in [3.8, 4) is 11.3 Å². The molecule has 134 valence electrons. The number of hydrogen-bond donors (Lipinski definition) is 1. The van der Waals surface area contributed by atoms with Gasteiger partial charge in [0.25, 0.3) is 0 Å². The number of carbonyl (C=O) groups is 1. The fourth-order valence-corrected chi connectivity index (χ4v) is 3.01. The van der Waals surface area contributed by atoms with Crippen LogP contribution in [0.5, 0.6) is 0 Å². The molecule has 4 rings (SSSR count). The van der Waals surface area contributed by atoms with E-state index in [0.717, 1.165) is 17.1 Å². The van der Waals surface area contributed by atoms with Gasteiger partial charge in [0.15, 0.2) is 5.82 Å². The Kier molecular flexibility index (Phi) is 4.11. The predicted octanol–water partition coefficient (Wildman–Crippen LogP) is 1.40. The van der Waals surface area contributed by atoms with Crippen LogP contribution in [-0.2, 0) is 7.05 Å². The van der Waals surface area contributed by atoms with Gasteiger partial charge in [0.05, 0.1) is 18.3 Å². The van der Waals surface area contributed by atoms with E-state index in [9.17, 15) is 4.79 Å². The summed E-state index contributed by atoms with van der Waals surface area (Å²) in [5.41, 5.74) is 1.87. The summed E-state index contributed by atoms with van der Waals surface area (Å²) in [5, 5.41) is 19.2. The molecule has 9 heteroatoms. The maximum absolute atomic E-state index is 12.4. The van der Waals surface area contributed by atoms with Crippen LogP contribution >= 0.6 is 0 Å². The fraction of sp³-hybridized carbons (Fsp3) is 0.353. The van der Waals surface area contributed by atoms with Gasteiger partial charge in [-0.1, -0.05) is 35.5 Å². The first-order chi connectivity index (χ1) is 12.6. The summed E-state index contributed by atoms with van der Waals surface area (Å²) in [5.74, 6) is 0.721. The van der Waals surface area contributed by atoms with Gasteiger partial charge in [0.2, 0.25) is 0 Å². The number of amides is 2. The Morgan fingerprint density at radius 1 is 1.23 bits per heavy atom. The molecular weight excluding hydrogens is 332 g/mol. The highest BCUT2D eigenvalue weighted by Gasteiger charge is 2.33. The number of nitrogens with zero attached hydrogens (tertiary/aromatic N) is 7. The van der Waals surface area contributed by atoms with Gasteiger partial charge in [0, 0.05) is 25.7 Å². The van der Waals surface area contributed by atoms with E-state index in [2.05, 4.69) is 25.8 Å². The second-order valence-corrected chi connectivity index (χ2v) is 6.48. The van der Waals surface area contributed by atoms with Crippen molar-refractivity contribution in [2.75, 3.05) is 13.1 Å². The van der Waals surface area contributed by atoms with Crippen molar-refractivity contribution in [2.24, 2.45) is 7.05 Å². The van der Waals surface area contributed by atoms with Gasteiger partial charge in [-0.15, -0.1) is 15.3 Å². The number of rotatable bonds is 4. The van der Waals surface area contributed by atoms with E-state index in [1.807, 2.05) is 55.2 Å². The fourth-order valence-electron chi connectivity index (χ4n) is 3.01. The molecule has 3 heterocycles. The summed E-state index contributed by atoms with van der Waals surface area (Å²) in [7, 11) is 1.85. The lowest BCUT2D eigenvalue weighted by atomic mass is 10.1. The molecular formula is C17H20N8O. The quantitative estimate of drug-likeness (QED) is 0.766. The SMILES string of the molecule is C[C@@H](NC(=O)N1CC(n2cc(-c3ccccc3)nn2)C1)c1nncn1C. The van der Waals surface area contributed by atoms with Crippen LogP contribution in [0.3, 0.4) is 0 Å². The number of aromatic nitrogens is 6. The van der Waals surface area contributed by atoms with Gasteiger partial charge in [-0.2, -0.15) is 0 Å². The van der Waals surface area contributed by atoms with Crippen molar-refractivity contribution in [1.82, 2.24) is 40.0 Å². The Labute approximate surface area is 150 Å². The third-order valence-electron chi connectivity index (χ3n) is 4.58. The molecule has 0 aliphatic carbocycles. The smallest absolute Gasteiger partial charge is 0.318 e. The van der Waals surface area contributed by atoms with Crippen molar-refractivity contribution < 1.29 is 4.79 Å². The summed E-state index contributed by atoms with van der Waals surface area (Å²) >= 11 is 0. The lowest BCUT2D eigenvalue weighted by Crippen LogP contribution is -2.54. The molecule has 1 aromatic carbocycles. The first kappa shape index (κ1) is 16.2. The maximum Gasteiger partial charge on any atom is 0.318 e. The highest BCUT2D eigenvalue weighted by molar-refractivity contribution is 5.75. The minimum absolute atomic E-state index is 0.111. The van der Waals surface area contributed by atoms with Gasteiger partial charge in [-0.05, 0) is 6.92 Å². The summed E-state index contributed by atoms with van der Waals surface area (Å²) in [6.07, 6.45) is 3.55. The van der Waals surface area contributed by atoms with Crippen LogP contribution < -0.4 is 5.32 Å². The summed E-state index contributed by atoms with van der Waals surface area (Å²) in [4.78, 5) is 14.1. The number of aryl methyl sites for hydroxylation is 1. The topological polar surface area (TPSA) is 93.8 Å².